The molecule has 1 aliphatic carbocycles. The molecule has 0 fully saturated rings. The van der Waals surface area contributed by atoms with Crippen LogP contribution in [0.25, 0.3) is 0 Å². The summed E-state index contributed by atoms with van der Waals surface area (Å²) in [5, 5.41) is 0. The van der Waals surface area contributed by atoms with Crippen LogP contribution in [0.15, 0.2) is 65.3 Å². The fourth-order valence-electron chi connectivity index (χ4n) is 4.81. The van der Waals surface area contributed by atoms with Crippen LogP contribution in [0.4, 0.5) is 0 Å². The molecule has 7 nitrogen and oxygen atoms in total. The van der Waals surface area contributed by atoms with Crippen molar-refractivity contribution >= 4 is 11.8 Å². The molecule has 2 N–H and O–H groups in total. The summed E-state index contributed by atoms with van der Waals surface area (Å²) in [5.41, 5.74) is 9.24. The lowest BCUT2D eigenvalue weighted by molar-refractivity contribution is -0.139. The number of hydrogen-bond acceptors (Lipinski definition) is 7. The van der Waals surface area contributed by atoms with Gasteiger partial charge in [0.05, 0.1) is 19.6 Å². The zero-order valence-electron chi connectivity index (χ0n) is 21.5. The van der Waals surface area contributed by atoms with Crippen LogP contribution in [0.1, 0.15) is 56.2 Å². The van der Waals surface area contributed by atoms with E-state index in [9.17, 15) is 9.59 Å². The van der Waals surface area contributed by atoms with Gasteiger partial charge in [-0.1, -0.05) is 37.6 Å². The Morgan fingerprint density at radius 1 is 1.14 bits per heavy atom. The number of aryl methyl sites for hydroxylation is 1. The van der Waals surface area contributed by atoms with Crippen LogP contribution in [-0.2, 0) is 25.7 Å². The van der Waals surface area contributed by atoms with Crippen molar-refractivity contribution in [3.8, 4) is 11.5 Å². The standard InChI is InChI=1S/C29H33NO6/c1-6-34-28(32)26-24(25-21(31)14-29(3,4)15-23(25)36-27(26)30)18-9-12-22(33-5)19(13-18)16-35-20-10-7-17(2)8-11-20/h7-13,24H,6,14-16,30H2,1-5H3/t24-/m1/s1. The minimum absolute atomic E-state index is 0.0315. The molecule has 0 aromatic heterocycles. The van der Waals surface area contributed by atoms with Crippen molar-refractivity contribution < 1.29 is 28.5 Å². The number of esters is 1. The van der Waals surface area contributed by atoms with Crippen LogP contribution in [0, 0.1) is 12.3 Å². The first-order valence-corrected chi connectivity index (χ1v) is 12.1. The Balaban J connectivity index is 1.78. The minimum Gasteiger partial charge on any atom is -0.496 e. The topological polar surface area (TPSA) is 97.1 Å². The van der Waals surface area contributed by atoms with E-state index in [1.807, 2.05) is 63.2 Å². The smallest absolute Gasteiger partial charge is 0.340 e. The Morgan fingerprint density at radius 3 is 2.53 bits per heavy atom. The lowest BCUT2D eigenvalue weighted by Gasteiger charge is -2.38. The molecule has 0 spiro atoms. The van der Waals surface area contributed by atoms with Crippen LogP contribution in [0.3, 0.4) is 0 Å². The molecule has 0 unspecified atom stereocenters. The molecular weight excluding hydrogens is 458 g/mol. The van der Waals surface area contributed by atoms with Gasteiger partial charge in [-0.05, 0) is 49.1 Å². The van der Waals surface area contributed by atoms with Crippen LogP contribution in [0.5, 0.6) is 11.5 Å². The van der Waals surface area contributed by atoms with E-state index in [0.29, 0.717) is 35.5 Å². The zero-order chi connectivity index (χ0) is 26.0. The number of carbonyl (C=O) groups is 2. The Morgan fingerprint density at radius 2 is 1.86 bits per heavy atom. The number of Topliss-reactive ketones (excluding diaryl/α,β-unsaturated/α-hetero) is 1. The van der Waals surface area contributed by atoms with Crippen molar-refractivity contribution in [3.63, 3.8) is 0 Å². The third-order valence-corrected chi connectivity index (χ3v) is 6.50. The van der Waals surface area contributed by atoms with Crippen molar-refractivity contribution in [1.82, 2.24) is 0 Å². The van der Waals surface area contributed by atoms with Crippen LogP contribution in [0.2, 0.25) is 0 Å². The van der Waals surface area contributed by atoms with Crippen LogP contribution >= 0.6 is 0 Å². The molecule has 190 valence electrons. The first-order valence-electron chi connectivity index (χ1n) is 12.1. The summed E-state index contributed by atoms with van der Waals surface area (Å²) >= 11 is 0. The van der Waals surface area contributed by atoms with Gasteiger partial charge in [0, 0.05) is 24.0 Å². The van der Waals surface area contributed by atoms with Gasteiger partial charge >= 0.3 is 5.97 Å². The van der Waals surface area contributed by atoms with Crippen molar-refractivity contribution in [1.29, 1.82) is 0 Å². The number of benzene rings is 2. The molecule has 0 saturated carbocycles. The van der Waals surface area contributed by atoms with Crippen molar-refractivity contribution in [2.24, 2.45) is 11.1 Å². The highest BCUT2D eigenvalue weighted by Crippen LogP contribution is 2.48. The van der Waals surface area contributed by atoms with Gasteiger partial charge in [0.2, 0.25) is 5.88 Å². The van der Waals surface area contributed by atoms with E-state index in [4.69, 9.17) is 24.7 Å². The van der Waals surface area contributed by atoms with Gasteiger partial charge in [-0.15, -0.1) is 0 Å². The van der Waals surface area contributed by atoms with E-state index in [2.05, 4.69) is 0 Å². The van der Waals surface area contributed by atoms with Crippen molar-refractivity contribution in [3.05, 3.63) is 81.9 Å². The fraction of sp³-hybridized carbons (Fsp3) is 0.379. The Hall–Kier alpha value is -3.74. The maximum Gasteiger partial charge on any atom is 0.340 e. The molecule has 36 heavy (non-hydrogen) atoms. The fourth-order valence-corrected chi connectivity index (χ4v) is 4.81. The molecule has 0 amide bonds. The van der Waals surface area contributed by atoms with E-state index in [-0.39, 0.29) is 35.9 Å². The summed E-state index contributed by atoms with van der Waals surface area (Å²) < 4.78 is 22.8. The second-order valence-electron chi connectivity index (χ2n) is 9.98. The summed E-state index contributed by atoms with van der Waals surface area (Å²) in [6.45, 7) is 8.18. The molecule has 1 aliphatic heterocycles. The molecule has 7 heteroatoms. The highest BCUT2D eigenvalue weighted by atomic mass is 16.5. The van der Waals surface area contributed by atoms with E-state index in [0.717, 1.165) is 16.9 Å². The SMILES string of the molecule is CCOC(=O)C1=C(N)OC2=C(C(=O)CC(C)(C)C2)[C@H]1c1ccc(OC)c(COc2ccc(C)cc2)c1. The Bertz CT molecular complexity index is 1240. The Kier molecular flexibility index (Phi) is 7.11. The molecule has 1 heterocycles. The van der Waals surface area contributed by atoms with E-state index in [1.54, 1.807) is 14.0 Å². The highest BCUT2D eigenvalue weighted by molar-refractivity contribution is 6.03. The van der Waals surface area contributed by atoms with Crippen molar-refractivity contribution in [2.75, 3.05) is 13.7 Å². The maximum atomic E-state index is 13.4. The average molecular weight is 492 g/mol. The predicted molar refractivity (Wildman–Crippen MR) is 135 cm³/mol. The normalized spacial score (nSPS) is 18.9. The molecule has 2 aromatic rings. The number of nitrogens with two attached hydrogens (primary N) is 1. The number of carbonyl (C=O) groups excluding carboxylic acids is 2. The first-order chi connectivity index (χ1) is 17.1. The third-order valence-electron chi connectivity index (χ3n) is 6.50. The summed E-state index contributed by atoms with van der Waals surface area (Å²) in [5.74, 6) is 0.478. The third kappa shape index (κ3) is 5.10. The van der Waals surface area contributed by atoms with Crippen molar-refractivity contribution in [2.45, 2.75) is 53.1 Å². The molecule has 2 aromatic carbocycles. The Labute approximate surface area is 211 Å². The van der Waals surface area contributed by atoms with Gasteiger partial charge in [-0.25, -0.2) is 4.79 Å². The quantitative estimate of drug-likeness (QED) is 0.540. The molecular formula is C29H33NO6. The van der Waals surface area contributed by atoms with E-state index >= 15 is 0 Å². The van der Waals surface area contributed by atoms with Crippen LogP contribution in [-0.4, -0.2) is 25.5 Å². The number of ether oxygens (including phenoxy) is 4. The minimum atomic E-state index is -0.708. The van der Waals surface area contributed by atoms with E-state index in [1.165, 1.54) is 0 Å². The number of methoxy groups -OCH3 is 1. The predicted octanol–water partition coefficient (Wildman–Crippen LogP) is 5.07. The summed E-state index contributed by atoms with van der Waals surface area (Å²) in [7, 11) is 1.59. The zero-order valence-corrected chi connectivity index (χ0v) is 21.5. The van der Waals surface area contributed by atoms with Gasteiger partial charge < -0.3 is 24.7 Å². The number of rotatable bonds is 7. The highest BCUT2D eigenvalue weighted by Gasteiger charge is 2.45. The largest absolute Gasteiger partial charge is 0.496 e. The average Bonchev–Trinajstić information content (AvgIpc) is 2.82. The second kappa shape index (κ2) is 10.1. The van der Waals surface area contributed by atoms with Gasteiger partial charge in [-0.3, -0.25) is 4.79 Å². The first kappa shape index (κ1) is 25.4. The molecule has 0 bridgehead atoms. The van der Waals surface area contributed by atoms with Crippen LogP contribution < -0.4 is 15.2 Å². The van der Waals surface area contributed by atoms with Gasteiger partial charge in [0.25, 0.3) is 0 Å². The number of allylic oxidation sites excluding steroid dienone is 2. The lowest BCUT2D eigenvalue weighted by Crippen LogP contribution is -2.35. The maximum absolute atomic E-state index is 13.4. The summed E-state index contributed by atoms with van der Waals surface area (Å²) in [6, 6.07) is 13.3. The number of ketones is 1. The van der Waals surface area contributed by atoms with Gasteiger partial charge in [0.1, 0.15) is 29.4 Å². The van der Waals surface area contributed by atoms with Gasteiger partial charge in [0.15, 0.2) is 5.78 Å². The summed E-state index contributed by atoms with van der Waals surface area (Å²) in [6.07, 6.45) is 0.891. The monoisotopic (exact) mass is 491 g/mol. The van der Waals surface area contributed by atoms with Gasteiger partial charge in [-0.2, -0.15) is 0 Å². The molecule has 0 saturated heterocycles. The molecule has 1 atom stereocenters. The second-order valence-corrected chi connectivity index (χ2v) is 9.98. The number of hydrogen-bond donors (Lipinski definition) is 1. The molecule has 0 radical (unpaired) electrons. The summed E-state index contributed by atoms with van der Waals surface area (Å²) in [4.78, 5) is 26.4. The molecule has 2 aliphatic rings. The molecule has 4 rings (SSSR count). The van der Waals surface area contributed by atoms with E-state index < -0.39 is 11.9 Å². The lowest BCUT2D eigenvalue weighted by atomic mass is 9.70.